The molecule has 1 aromatic carbocycles. The molecule has 2 N–H and O–H groups in total. The molecule has 3 aromatic rings. The molecule has 0 spiro atoms. The molecule has 3 saturated heterocycles. The first-order valence-corrected chi connectivity index (χ1v) is 14.2. The van der Waals surface area contributed by atoms with Crippen LogP contribution in [0.3, 0.4) is 0 Å². The number of hydrogen-bond donors (Lipinski definition) is 1. The number of ether oxygens (including phenoxy) is 1. The van der Waals surface area contributed by atoms with Crippen LogP contribution in [0.1, 0.15) is 38.8 Å². The maximum Gasteiger partial charge on any atom is 0.410 e. The Morgan fingerprint density at radius 2 is 1.82 bits per heavy atom. The van der Waals surface area contributed by atoms with E-state index < -0.39 is 17.8 Å². The smallest absolute Gasteiger partial charge is 0.410 e. The molecule has 0 radical (unpaired) electrons. The molecule has 5 heterocycles. The number of hydrogen-bond acceptors (Lipinski definition) is 8. The van der Waals surface area contributed by atoms with E-state index in [0.29, 0.717) is 47.5 Å². The fraction of sp³-hybridized carbons (Fsp3) is 0.586. The van der Waals surface area contributed by atoms with Gasteiger partial charge >= 0.3 is 6.09 Å². The summed E-state index contributed by atoms with van der Waals surface area (Å²) in [5.74, 6) is 0.827. The molecule has 0 bridgehead atoms. The van der Waals surface area contributed by atoms with Gasteiger partial charge in [0.05, 0.1) is 11.4 Å². The molecule has 11 heteroatoms. The van der Waals surface area contributed by atoms with Crippen molar-refractivity contribution in [3.63, 3.8) is 0 Å². The number of aromatic nitrogens is 4. The third-order valence-electron chi connectivity index (χ3n) is 8.28. The molecule has 0 aliphatic carbocycles. The van der Waals surface area contributed by atoms with Crippen molar-refractivity contribution in [1.82, 2.24) is 34.4 Å². The molecular weight excluding hydrogens is 511 g/mol. The zero-order valence-corrected chi connectivity index (χ0v) is 23.8. The molecule has 214 valence electrons. The van der Waals surface area contributed by atoms with Crippen LogP contribution in [0.5, 0.6) is 0 Å². The van der Waals surface area contributed by atoms with Crippen LogP contribution in [-0.2, 0) is 4.74 Å². The molecule has 3 aliphatic rings. The highest BCUT2D eigenvalue weighted by Crippen LogP contribution is 2.36. The number of alkyl halides is 1. The minimum atomic E-state index is -1.07. The first-order valence-electron chi connectivity index (χ1n) is 14.2. The van der Waals surface area contributed by atoms with E-state index in [1.807, 2.05) is 52.0 Å². The topological polar surface area (TPSA) is 106 Å². The van der Waals surface area contributed by atoms with Crippen LogP contribution >= 0.6 is 0 Å². The summed E-state index contributed by atoms with van der Waals surface area (Å²) in [6.45, 7) is 13.2. The van der Waals surface area contributed by atoms with Gasteiger partial charge in [-0.15, -0.1) is 0 Å². The molecule has 3 aliphatic heterocycles. The monoisotopic (exact) mass is 550 g/mol. The molecule has 0 unspecified atom stereocenters. The van der Waals surface area contributed by atoms with Crippen molar-refractivity contribution in [3.05, 3.63) is 36.2 Å². The average Bonchev–Trinajstić information content (AvgIpc) is 3.22. The van der Waals surface area contributed by atoms with Crippen molar-refractivity contribution in [1.29, 1.82) is 0 Å². The van der Waals surface area contributed by atoms with Gasteiger partial charge in [-0.2, -0.15) is 5.10 Å². The summed E-state index contributed by atoms with van der Waals surface area (Å²) in [6.07, 6.45) is 0.780. The molecule has 40 heavy (non-hydrogen) atoms. The number of amides is 1. The number of rotatable bonds is 5. The van der Waals surface area contributed by atoms with E-state index in [1.165, 1.54) is 6.33 Å². The van der Waals surface area contributed by atoms with Crippen LogP contribution in [0.4, 0.5) is 15.0 Å². The minimum Gasteiger partial charge on any atom is -0.444 e. The number of nitrogens with zero attached hydrogens (tertiary/aromatic N) is 7. The van der Waals surface area contributed by atoms with E-state index in [4.69, 9.17) is 15.6 Å². The van der Waals surface area contributed by atoms with Crippen molar-refractivity contribution < 1.29 is 13.9 Å². The highest BCUT2D eigenvalue weighted by molar-refractivity contribution is 5.98. The van der Waals surface area contributed by atoms with Crippen molar-refractivity contribution in [2.24, 2.45) is 5.92 Å². The number of nitrogen functional groups attached to an aromatic ring is 1. The third kappa shape index (κ3) is 5.24. The van der Waals surface area contributed by atoms with E-state index >= 15 is 4.39 Å². The number of likely N-dealkylation sites (tertiary alicyclic amines) is 3. The normalized spacial score (nSPS) is 23.3. The van der Waals surface area contributed by atoms with Crippen LogP contribution in [0.2, 0.25) is 0 Å². The second-order valence-electron chi connectivity index (χ2n) is 12.6. The van der Waals surface area contributed by atoms with E-state index in [9.17, 15) is 4.79 Å². The second kappa shape index (κ2) is 10.3. The number of fused-ring (bicyclic) bond motifs is 1. The lowest BCUT2D eigenvalue weighted by molar-refractivity contribution is -0.0378. The minimum absolute atomic E-state index is 0.229. The molecule has 10 nitrogen and oxygen atoms in total. The van der Waals surface area contributed by atoms with Crippen LogP contribution in [0.25, 0.3) is 22.3 Å². The molecule has 2 aromatic heterocycles. The van der Waals surface area contributed by atoms with Crippen LogP contribution in [-0.4, -0.2) is 104 Å². The van der Waals surface area contributed by atoms with E-state index in [-0.39, 0.29) is 6.09 Å². The first-order chi connectivity index (χ1) is 19.1. The fourth-order valence-corrected chi connectivity index (χ4v) is 6.11. The summed E-state index contributed by atoms with van der Waals surface area (Å²) >= 11 is 0. The fourth-order valence-electron chi connectivity index (χ4n) is 6.11. The molecule has 6 rings (SSSR count). The number of piperidine rings is 1. The Morgan fingerprint density at radius 3 is 2.50 bits per heavy atom. The van der Waals surface area contributed by atoms with Gasteiger partial charge in [-0.25, -0.2) is 23.8 Å². The van der Waals surface area contributed by atoms with E-state index in [2.05, 4.69) is 19.8 Å². The third-order valence-corrected chi connectivity index (χ3v) is 8.28. The van der Waals surface area contributed by atoms with Gasteiger partial charge in [0.25, 0.3) is 0 Å². The summed E-state index contributed by atoms with van der Waals surface area (Å²) in [5, 5.41) is 5.53. The van der Waals surface area contributed by atoms with Gasteiger partial charge in [0.1, 0.15) is 29.6 Å². The van der Waals surface area contributed by atoms with Crippen molar-refractivity contribution in [3.8, 4) is 11.3 Å². The predicted octanol–water partition coefficient (Wildman–Crippen LogP) is 3.52. The lowest BCUT2D eigenvalue weighted by Crippen LogP contribution is -2.64. The van der Waals surface area contributed by atoms with Crippen molar-refractivity contribution >= 4 is 22.9 Å². The summed E-state index contributed by atoms with van der Waals surface area (Å²) in [5.41, 5.74) is 9.13. The molecule has 1 amide bonds. The second-order valence-corrected chi connectivity index (χ2v) is 12.6. The Kier molecular flexibility index (Phi) is 6.90. The Hall–Kier alpha value is -3.31. The number of nitrogens with two attached hydrogens (primary N) is 1. The van der Waals surface area contributed by atoms with Gasteiger partial charge in [-0.05, 0) is 34.1 Å². The van der Waals surface area contributed by atoms with Gasteiger partial charge in [0.15, 0.2) is 5.65 Å². The van der Waals surface area contributed by atoms with Gasteiger partial charge in [0.2, 0.25) is 0 Å². The first kappa shape index (κ1) is 26.9. The number of anilines is 1. The quantitative estimate of drug-likeness (QED) is 0.515. The summed E-state index contributed by atoms with van der Waals surface area (Å²) in [7, 11) is 0. The molecule has 0 saturated carbocycles. The van der Waals surface area contributed by atoms with Gasteiger partial charge in [-0.1, -0.05) is 29.8 Å². The van der Waals surface area contributed by atoms with Gasteiger partial charge < -0.3 is 15.4 Å². The summed E-state index contributed by atoms with van der Waals surface area (Å²) < 4.78 is 23.0. The van der Waals surface area contributed by atoms with Crippen molar-refractivity contribution in [2.75, 3.05) is 51.5 Å². The maximum atomic E-state index is 15.8. The average molecular weight is 551 g/mol. The zero-order chi connectivity index (χ0) is 28.2. The standard InChI is InChI=1S/C29H39FN8O2/c1-18-5-7-20(8-6-18)25-24-26(31)32-17-33-27(24)38(34-25)23-9-10-36(16-22(23)30)21-14-35(15-21)11-19-12-37(13-19)28(39)40-29(2,3)4/h5-8,17,19,21-23H,9-16H2,1-4H3,(H2,31,32,33)/t22-,23-/m1/s1. The Labute approximate surface area is 234 Å². The molecule has 3 fully saturated rings. The Bertz CT molecular complexity index is 1380. The zero-order valence-electron chi connectivity index (χ0n) is 23.8. The number of carbonyl (C=O) groups excluding carboxylic acids is 1. The van der Waals surface area contributed by atoms with Crippen LogP contribution in [0, 0.1) is 12.8 Å². The van der Waals surface area contributed by atoms with Gasteiger partial charge in [-0.3, -0.25) is 9.80 Å². The largest absolute Gasteiger partial charge is 0.444 e. The lowest BCUT2D eigenvalue weighted by atomic mass is 9.95. The highest BCUT2D eigenvalue weighted by Gasteiger charge is 2.42. The maximum absolute atomic E-state index is 15.8. The number of halogens is 1. The number of carbonyl (C=O) groups is 1. The Morgan fingerprint density at radius 1 is 1.10 bits per heavy atom. The number of benzene rings is 1. The summed E-state index contributed by atoms with van der Waals surface area (Å²) in [4.78, 5) is 27.3. The Balaban J connectivity index is 1.05. The summed E-state index contributed by atoms with van der Waals surface area (Å²) in [6, 6.07) is 8.02. The lowest BCUT2D eigenvalue weighted by Gasteiger charge is -2.50. The molecular formula is C29H39FN8O2. The SMILES string of the molecule is Cc1ccc(-c2nn([C@@H]3CCN(C4CN(CC5CN(C(=O)OC(C)(C)C)C5)C4)C[C@H]3F)c3ncnc(N)c23)cc1. The van der Waals surface area contributed by atoms with Crippen LogP contribution in [0.15, 0.2) is 30.6 Å². The van der Waals surface area contributed by atoms with Gasteiger partial charge in [0, 0.05) is 63.3 Å². The van der Waals surface area contributed by atoms with Crippen LogP contribution < -0.4 is 5.73 Å². The van der Waals surface area contributed by atoms with Crippen molar-refractivity contribution in [2.45, 2.75) is 58.0 Å². The van der Waals surface area contributed by atoms with E-state index in [1.54, 1.807) is 9.58 Å². The predicted molar refractivity (Wildman–Crippen MR) is 152 cm³/mol. The number of aryl methyl sites for hydroxylation is 1. The van der Waals surface area contributed by atoms with E-state index in [0.717, 1.165) is 50.4 Å². The molecule has 2 atom stereocenters. The highest BCUT2D eigenvalue weighted by atomic mass is 19.1.